The van der Waals surface area contributed by atoms with Crippen LogP contribution >= 0.6 is 27.5 Å². The zero-order valence-corrected chi connectivity index (χ0v) is 9.03. The molecule has 0 amide bonds. The highest BCUT2D eigenvalue weighted by molar-refractivity contribution is 9.10. The Morgan fingerprint density at radius 3 is 2.71 bits per heavy atom. The molecule has 0 saturated heterocycles. The summed E-state index contributed by atoms with van der Waals surface area (Å²) >= 11 is 8.84. The smallest absolute Gasteiger partial charge is 0.139 e. The van der Waals surface area contributed by atoms with Crippen molar-refractivity contribution in [2.45, 2.75) is 0 Å². The Bertz CT molecular complexity index is 516. The molecule has 0 unspecified atom stereocenters. The molecule has 1 nitrogen and oxygen atoms in total. The summed E-state index contributed by atoms with van der Waals surface area (Å²) in [5.41, 5.74) is 0. The standard InChI is InChI=1S/C9H3BrClF2N/c10-6-3-14-9(11)8-5(6)1-4(12)2-7(8)13/h1-3H. The van der Waals surface area contributed by atoms with Crippen LogP contribution in [0, 0.1) is 11.6 Å². The summed E-state index contributed by atoms with van der Waals surface area (Å²) in [5, 5.41) is 0.533. The Morgan fingerprint density at radius 2 is 2.00 bits per heavy atom. The Morgan fingerprint density at radius 1 is 1.29 bits per heavy atom. The van der Waals surface area contributed by atoms with E-state index in [-0.39, 0.29) is 10.5 Å². The fourth-order valence-electron chi connectivity index (χ4n) is 1.22. The molecule has 0 aliphatic carbocycles. The number of pyridine rings is 1. The Balaban J connectivity index is 3.00. The monoisotopic (exact) mass is 277 g/mol. The van der Waals surface area contributed by atoms with Crippen LogP contribution < -0.4 is 0 Å². The van der Waals surface area contributed by atoms with Gasteiger partial charge in [0.2, 0.25) is 0 Å². The average Bonchev–Trinajstić information content (AvgIpc) is 2.10. The van der Waals surface area contributed by atoms with E-state index in [1.165, 1.54) is 12.3 Å². The maximum atomic E-state index is 13.3. The minimum atomic E-state index is -0.709. The van der Waals surface area contributed by atoms with Crippen LogP contribution in [0.2, 0.25) is 5.15 Å². The summed E-state index contributed by atoms with van der Waals surface area (Å²) in [5.74, 6) is -1.35. The van der Waals surface area contributed by atoms with Gasteiger partial charge in [0.05, 0.1) is 5.39 Å². The quantitative estimate of drug-likeness (QED) is 0.665. The van der Waals surface area contributed by atoms with E-state index in [1.807, 2.05) is 0 Å². The van der Waals surface area contributed by atoms with Crippen LogP contribution in [0.3, 0.4) is 0 Å². The van der Waals surface area contributed by atoms with E-state index in [4.69, 9.17) is 11.6 Å². The molecule has 0 atom stereocenters. The lowest BCUT2D eigenvalue weighted by molar-refractivity contribution is 0.592. The van der Waals surface area contributed by atoms with Crippen LogP contribution in [0.4, 0.5) is 8.78 Å². The first-order valence-electron chi connectivity index (χ1n) is 3.68. The fourth-order valence-corrected chi connectivity index (χ4v) is 1.88. The van der Waals surface area contributed by atoms with Crippen molar-refractivity contribution in [1.82, 2.24) is 4.98 Å². The second kappa shape index (κ2) is 3.44. The van der Waals surface area contributed by atoms with Crippen LogP contribution in [0.25, 0.3) is 10.8 Å². The molecule has 14 heavy (non-hydrogen) atoms. The lowest BCUT2D eigenvalue weighted by Gasteiger charge is -2.03. The molecule has 2 rings (SSSR count). The van der Waals surface area contributed by atoms with Gasteiger partial charge in [-0.25, -0.2) is 13.8 Å². The first-order chi connectivity index (χ1) is 6.59. The highest BCUT2D eigenvalue weighted by atomic mass is 79.9. The van der Waals surface area contributed by atoms with Crippen LogP contribution in [-0.4, -0.2) is 4.98 Å². The number of hydrogen-bond acceptors (Lipinski definition) is 1. The summed E-state index contributed by atoms with van der Waals surface area (Å²) in [6.45, 7) is 0. The Hall–Kier alpha value is -0.740. The third-order valence-corrected chi connectivity index (χ3v) is 2.73. The zero-order chi connectivity index (χ0) is 10.3. The van der Waals surface area contributed by atoms with Gasteiger partial charge in [0.15, 0.2) is 0 Å². The van der Waals surface area contributed by atoms with Gasteiger partial charge >= 0.3 is 0 Å². The molecule has 0 N–H and O–H groups in total. The van der Waals surface area contributed by atoms with Crippen LogP contribution in [-0.2, 0) is 0 Å². The van der Waals surface area contributed by atoms with E-state index in [0.717, 1.165) is 6.07 Å². The number of rotatable bonds is 0. The summed E-state index contributed by atoms with van der Waals surface area (Å²) in [6, 6.07) is 1.98. The molecule has 5 heteroatoms. The molecule has 0 saturated carbocycles. The lowest BCUT2D eigenvalue weighted by Crippen LogP contribution is -1.88. The third kappa shape index (κ3) is 1.48. The largest absolute Gasteiger partial charge is 0.243 e. The van der Waals surface area contributed by atoms with Gasteiger partial charge in [-0.2, -0.15) is 0 Å². The van der Waals surface area contributed by atoms with Gasteiger partial charge < -0.3 is 0 Å². The molecule has 1 aromatic heterocycles. The van der Waals surface area contributed by atoms with Crippen molar-refractivity contribution >= 4 is 38.3 Å². The molecule has 2 aromatic rings. The third-order valence-electron chi connectivity index (χ3n) is 1.81. The highest BCUT2D eigenvalue weighted by Crippen LogP contribution is 2.30. The second-order valence-corrected chi connectivity index (χ2v) is 3.92. The molecule has 0 radical (unpaired) electrons. The molecular formula is C9H3BrClF2N. The molecular weight excluding hydrogens is 275 g/mol. The molecule has 0 aliphatic rings. The van der Waals surface area contributed by atoms with Crippen molar-refractivity contribution in [3.63, 3.8) is 0 Å². The van der Waals surface area contributed by atoms with Crippen LogP contribution in [0.15, 0.2) is 22.8 Å². The number of fused-ring (bicyclic) bond motifs is 1. The van der Waals surface area contributed by atoms with Crippen molar-refractivity contribution in [1.29, 1.82) is 0 Å². The topological polar surface area (TPSA) is 12.9 Å². The number of benzene rings is 1. The lowest BCUT2D eigenvalue weighted by atomic mass is 10.1. The van der Waals surface area contributed by atoms with Gasteiger partial charge in [0.25, 0.3) is 0 Å². The van der Waals surface area contributed by atoms with Crippen molar-refractivity contribution in [3.05, 3.63) is 39.6 Å². The Kier molecular flexibility index (Phi) is 2.41. The molecule has 0 spiro atoms. The van der Waals surface area contributed by atoms with Gasteiger partial charge in [-0.05, 0) is 22.0 Å². The van der Waals surface area contributed by atoms with Crippen LogP contribution in [0.5, 0.6) is 0 Å². The van der Waals surface area contributed by atoms with Crippen molar-refractivity contribution in [3.8, 4) is 0 Å². The maximum Gasteiger partial charge on any atom is 0.139 e. The van der Waals surface area contributed by atoms with Crippen LogP contribution in [0.1, 0.15) is 0 Å². The predicted octanol–water partition coefficient (Wildman–Crippen LogP) is 3.93. The van der Waals surface area contributed by atoms with Gasteiger partial charge in [-0.15, -0.1) is 0 Å². The summed E-state index contributed by atoms with van der Waals surface area (Å²) in [4.78, 5) is 3.75. The van der Waals surface area contributed by atoms with Crippen molar-refractivity contribution in [2.75, 3.05) is 0 Å². The second-order valence-electron chi connectivity index (χ2n) is 2.71. The van der Waals surface area contributed by atoms with Crippen molar-refractivity contribution in [2.24, 2.45) is 0 Å². The van der Waals surface area contributed by atoms with E-state index >= 15 is 0 Å². The van der Waals surface area contributed by atoms with E-state index in [1.54, 1.807) is 0 Å². The number of halogens is 4. The zero-order valence-electron chi connectivity index (χ0n) is 6.69. The van der Waals surface area contributed by atoms with Gasteiger partial charge in [-0.3, -0.25) is 0 Å². The minimum absolute atomic E-state index is 0.0284. The molecule has 0 fully saturated rings. The van der Waals surface area contributed by atoms with E-state index in [0.29, 0.717) is 9.86 Å². The SMILES string of the molecule is Fc1cc(F)c2c(Cl)ncc(Br)c2c1. The molecule has 1 heterocycles. The number of aromatic nitrogens is 1. The highest BCUT2D eigenvalue weighted by Gasteiger charge is 2.10. The average molecular weight is 278 g/mol. The van der Waals surface area contributed by atoms with E-state index < -0.39 is 11.6 Å². The molecule has 0 bridgehead atoms. The van der Waals surface area contributed by atoms with Gasteiger partial charge in [0, 0.05) is 22.1 Å². The minimum Gasteiger partial charge on any atom is -0.243 e. The summed E-state index contributed by atoms with van der Waals surface area (Å²) in [6.07, 6.45) is 1.41. The maximum absolute atomic E-state index is 13.3. The summed E-state index contributed by atoms with van der Waals surface area (Å²) in [7, 11) is 0. The first kappa shape index (κ1) is 9.80. The number of nitrogens with zero attached hydrogens (tertiary/aromatic N) is 1. The normalized spacial score (nSPS) is 10.9. The van der Waals surface area contributed by atoms with Gasteiger partial charge in [-0.1, -0.05) is 11.6 Å². The fraction of sp³-hybridized carbons (Fsp3) is 0. The number of hydrogen-bond donors (Lipinski definition) is 0. The molecule has 1 aromatic carbocycles. The van der Waals surface area contributed by atoms with E-state index in [2.05, 4.69) is 20.9 Å². The molecule has 72 valence electrons. The van der Waals surface area contributed by atoms with E-state index in [9.17, 15) is 8.78 Å². The summed E-state index contributed by atoms with van der Waals surface area (Å²) < 4.78 is 26.7. The Labute approximate surface area is 91.8 Å². The molecule has 0 aliphatic heterocycles. The van der Waals surface area contributed by atoms with Crippen molar-refractivity contribution < 1.29 is 8.78 Å². The van der Waals surface area contributed by atoms with Gasteiger partial charge in [0.1, 0.15) is 16.8 Å². The predicted molar refractivity (Wildman–Crippen MR) is 54.4 cm³/mol. The first-order valence-corrected chi connectivity index (χ1v) is 4.85.